The van der Waals surface area contributed by atoms with Gasteiger partial charge in [0.25, 0.3) is 0 Å². The van der Waals surface area contributed by atoms with Gasteiger partial charge < -0.3 is 5.32 Å². The molecule has 0 aliphatic heterocycles. The molecule has 0 spiro atoms. The second-order valence-electron chi connectivity index (χ2n) is 6.92. The summed E-state index contributed by atoms with van der Waals surface area (Å²) in [5.41, 5.74) is 2.57. The molecular formula is C15H28ClN3. The standard InChI is InChI=1S/C15H28ClN3/c1-8-15(6,10-17-14(3,4)5)9-12-11(2)18-19(7)13(12)16/h17H,8-10H2,1-7H3. The number of aryl methyl sites for hydroxylation is 2. The Morgan fingerprint density at radius 2 is 1.84 bits per heavy atom. The fourth-order valence-corrected chi connectivity index (χ4v) is 2.33. The predicted octanol–water partition coefficient (Wildman–Crippen LogP) is 3.73. The zero-order chi connectivity index (χ0) is 14.8. The van der Waals surface area contributed by atoms with Gasteiger partial charge in [0, 0.05) is 24.7 Å². The summed E-state index contributed by atoms with van der Waals surface area (Å²) in [6.07, 6.45) is 2.08. The lowest BCUT2D eigenvalue weighted by Gasteiger charge is -2.33. The highest BCUT2D eigenvalue weighted by atomic mass is 35.5. The summed E-state index contributed by atoms with van der Waals surface area (Å²) in [5, 5.41) is 8.78. The summed E-state index contributed by atoms with van der Waals surface area (Å²) in [6, 6.07) is 0. The normalized spacial score (nSPS) is 15.6. The minimum atomic E-state index is 0.143. The first-order chi connectivity index (χ1) is 8.58. The van der Waals surface area contributed by atoms with Crippen molar-refractivity contribution in [3.8, 4) is 0 Å². The quantitative estimate of drug-likeness (QED) is 0.893. The Labute approximate surface area is 122 Å². The molecule has 1 aromatic heterocycles. The van der Waals surface area contributed by atoms with Crippen LogP contribution >= 0.6 is 11.6 Å². The molecule has 0 aromatic carbocycles. The summed E-state index contributed by atoms with van der Waals surface area (Å²) < 4.78 is 1.76. The first-order valence-electron chi connectivity index (χ1n) is 7.01. The number of hydrogen-bond donors (Lipinski definition) is 1. The van der Waals surface area contributed by atoms with Crippen LogP contribution in [-0.2, 0) is 13.5 Å². The van der Waals surface area contributed by atoms with Crippen molar-refractivity contribution in [3.05, 3.63) is 16.4 Å². The van der Waals surface area contributed by atoms with Crippen molar-refractivity contribution in [1.29, 1.82) is 0 Å². The summed E-state index contributed by atoms with van der Waals surface area (Å²) >= 11 is 6.35. The Morgan fingerprint density at radius 3 is 2.21 bits per heavy atom. The van der Waals surface area contributed by atoms with E-state index in [0.717, 1.165) is 30.2 Å². The molecule has 4 heteroatoms. The number of hydrogen-bond acceptors (Lipinski definition) is 2. The predicted molar refractivity (Wildman–Crippen MR) is 82.8 cm³/mol. The van der Waals surface area contributed by atoms with Gasteiger partial charge in [0.1, 0.15) is 5.15 Å². The summed E-state index contributed by atoms with van der Waals surface area (Å²) in [6.45, 7) is 14.2. The van der Waals surface area contributed by atoms with Crippen molar-refractivity contribution in [2.75, 3.05) is 6.54 Å². The number of nitrogens with zero attached hydrogens (tertiary/aromatic N) is 2. The molecule has 1 atom stereocenters. The Morgan fingerprint density at radius 1 is 1.26 bits per heavy atom. The molecule has 0 bridgehead atoms. The van der Waals surface area contributed by atoms with Crippen LogP contribution in [-0.4, -0.2) is 21.9 Å². The summed E-state index contributed by atoms with van der Waals surface area (Å²) in [7, 11) is 1.90. The number of halogens is 1. The van der Waals surface area contributed by atoms with Gasteiger partial charge in [-0.3, -0.25) is 4.68 Å². The van der Waals surface area contributed by atoms with Crippen molar-refractivity contribution < 1.29 is 0 Å². The Balaban J connectivity index is 2.86. The molecule has 0 radical (unpaired) electrons. The van der Waals surface area contributed by atoms with E-state index in [0.29, 0.717) is 0 Å². The van der Waals surface area contributed by atoms with E-state index in [1.807, 2.05) is 14.0 Å². The van der Waals surface area contributed by atoms with Gasteiger partial charge in [-0.15, -0.1) is 0 Å². The third kappa shape index (κ3) is 4.50. The van der Waals surface area contributed by atoms with Crippen LogP contribution in [0.2, 0.25) is 5.15 Å². The lowest BCUT2D eigenvalue weighted by molar-refractivity contribution is 0.254. The Kier molecular flexibility index (Phi) is 5.08. The lowest BCUT2D eigenvalue weighted by Crippen LogP contribution is -2.43. The zero-order valence-electron chi connectivity index (χ0n) is 13.4. The molecule has 19 heavy (non-hydrogen) atoms. The average Bonchev–Trinajstić information content (AvgIpc) is 2.53. The van der Waals surface area contributed by atoms with Crippen molar-refractivity contribution in [3.63, 3.8) is 0 Å². The van der Waals surface area contributed by atoms with Crippen LogP contribution in [0, 0.1) is 12.3 Å². The van der Waals surface area contributed by atoms with Crippen molar-refractivity contribution in [2.45, 2.75) is 59.9 Å². The third-order valence-corrected chi connectivity index (χ3v) is 4.25. The first-order valence-corrected chi connectivity index (χ1v) is 7.39. The monoisotopic (exact) mass is 285 g/mol. The second kappa shape index (κ2) is 5.84. The Hall–Kier alpha value is -0.540. The van der Waals surface area contributed by atoms with Crippen LogP contribution in [0.15, 0.2) is 0 Å². The molecule has 0 saturated carbocycles. The molecule has 0 amide bonds. The van der Waals surface area contributed by atoms with Gasteiger partial charge in [-0.1, -0.05) is 25.4 Å². The van der Waals surface area contributed by atoms with Crippen LogP contribution in [0.4, 0.5) is 0 Å². The maximum atomic E-state index is 6.35. The van der Waals surface area contributed by atoms with Gasteiger partial charge in [0.15, 0.2) is 0 Å². The van der Waals surface area contributed by atoms with E-state index in [4.69, 9.17) is 11.6 Å². The van der Waals surface area contributed by atoms with E-state index in [1.54, 1.807) is 4.68 Å². The SMILES string of the molecule is CCC(C)(CNC(C)(C)C)Cc1c(C)nn(C)c1Cl. The fourth-order valence-electron chi connectivity index (χ4n) is 2.09. The molecule has 0 aliphatic carbocycles. The van der Waals surface area contributed by atoms with E-state index in [2.05, 4.69) is 45.0 Å². The molecular weight excluding hydrogens is 258 g/mol. The minimum Gasteiger partial charge on any atom is -0.312 e. The maximum absolute atomic E-state index is 6.35. The molecule has 0 fully saturated rings. The molecule has 1 rings (SSSR count). The molecule has 1 unspecified atom stereocenters. The molecule has 110 valence electrons. The smallest absolute Gasteiger partial charge is 0.130 e. The zero-order valence-corrected chi connectivity index (χ0v) is 14.1. The number of rotatable bonds is 5. The molecule has 1 aromatic rings. The van der Waals surface area contributed by atoms with Crippen LogP contribution in [0.3, 0.4) is 0 Å². The summed E-state index contributed by atoms with van der Waals surface area (Å²) in [5.74, 6) is 0. The van der Waals surface area contributed by atoms with Gasteiger partial charge in [-0.2, -0.15) is 5.10 Å². The third-order valence-electron chi connectivity index (χ3n) is 3.77. The molecule has 0 saturated heterocycles. The van der Waals surface area contributed by atoms with Gasteiger partial charge >= 0.3 is 0 Å². The number of nitrogens with one attached hydrogen (secondary N) is 1. The van der Waals surface area contributed by atoms with Gasteiger partial charge in [0.2, 0.25) is 0 Å². The van der Waals surface area contributed by atoms with Crippen LogP contribution in [0.1, 0.15) is 52.3 Å². The molecule has 1 heterocycles. The van der Waals surface area contributed by atoms with E-state index >= 15 is 0 Å². The topological polar surface area (TPSA) is 29.9 Å². The largest absolute Gasteiger partial charge is 0.312 e. The highest BCUT2D eigenvalue weighted by Gasteiger charge is 2.27. The minimum absolute atomic E-state index is 0.143. The van der Waals surface area contributed by atoms with E-state index < -0.39 is 0 Å². The van der Waals surface area contributed by atoms with Crippen molar-refractivity contribution in [2.24, 2.45) is 12.5 Å². The van der Waals surface area contributed by atoms with Crippen LogP contribution in [0.25, 0.3) is 0 Å². The van der Waals surface area contributed by atoms with Gasteiger partial charge in [-0.05, 0) is 46.0 Å². The van der Waals surface area contributed by atoms with Gasteiger partial charge in [-0.25, -0.2) is 0 Å². The van der Waals surface area contributed by atoms with E-state index in [1.165, 1.54) is 5.56 Å². The highest BCUT2D eigenvalue weighted by Crippen LogP contribution is 2.31. The Bertz CT molecular complexity index is 431. The lowest BCUT2D eigenvalue weighted by atomic mass is 9.80. The molecule has 3 nitrogen and oxygen atoms in total. The second-order valence-corrected chi connectivity index (χ2v) is 7.28. The molecule has 0 aliphatic rings. The summed E-state index contributed by atoms with van der Waals surface area (Å²) in [4.78, 5) is 0. The van der Waals surface area contributed by atoms with Crippen molar-refractivity contribution >= 4 is 11.6 Å². The van der Waals surface area contributed by atoms with Gasteiger partial charge in [0.05, 0.1) is 5.69 Å². The van der Waals surface area contributed by atoms with Crippen LogP contribution in [0.5, 0.6) is 0 Å². The van der Waals surface area contributed by atoms with E-state index in [-0.39, 0.29) is 11.0 Å². The molecule has 1 N–H and O–H groups in total. The first kappa shape index (κ1) is 16.5. The highest BCUT2D eigenvalue weighted by molar-refractivity contribution is 6.30. The maximum Gasteiger partial charge on any atom is 0.130 e. The van der Waals surface area contributed by atoms with E-state index in [9.17, 15) is 0 Å². The number of aromatic nitrogens is 2. The average molecular weight is 286 g/mol. The fraction of sp³-hybridized carbons (Fsp3) is 0.800. The van der Waals surface area contributed by atoms with Crippen molar-refractivity contribution in [1.82, 2.24) is 15.1 Å². The van der Waals surface area contributed by atoms with Crippen LogP contribution < -0.4 is 5.32 Å².